The van der Waals surface area contributed by atoms with Crippen molar-refractivity contribution in [1.82, 2.24) is 9.97 Å². The van der Waals surface area contributed by atoms with E-state index in [1.165, 1.54) is 6.20 Å². The zero-order valence-electron chi connectivity index (χ0n) is 12.3. The molecule has 5 nitrogen and oxygen atoms in total. The molecule has 0 saturated carbocycles. The zero-order chi connectivity index (χ0) is 15.4. The fourth-order valence-electron chi connectivity index (χ4n) is 1.76. The van der Waals surface area contributed by atoms with E-state index in [0.717, 1.165) is 10.6 Å². The molecule has 1 aromatic carbocycles. The molecule has 0 unspecified atom stereocenters. The molecular weight excluding hydrogens is 284 g/mol. The van der Waals surface area contributed by atoms with E-state index < -0.39 is 0 Å². The number of rotatable bonds is 4. The smallest absolute Gasteiger partial charge is 0.276 e. The van der Waals surface area contributed by atoms with Gasteiger partial charge in [0.2, 0.25) is 0 Å². The fraction of sp³-hybridized carbons (Fsp3) is 0.267. The molecule has 6 heteroatoms. The number of amides is 1. The highest BCUT2D eigenvalue weighted by molar-refractivity contribution is 7.98. The van der Waals surface area contributed by atoms with Crippen LogP contribution >= 0.6 is 11.8 Å². The van der Waals surface area contributed by atoms with Crippen LogP contribution in [0.25, 0.3) is 0 Å². The molecule has 0 saturated heterocycles. The number of carbonyl (C=O) groups is 1. The summed E-state index contributed by atoms with van der Waals surface area (Å²) in [5.41, 5.74) is 7.02. The third kappa shape index (κ3) is 3.72. The van der Waals surface area contributed by atoms with Gasteiger partial charge in [0.25, 0.3) is 5.91 Å². The van der Waals surface area contributed by atoms with Crippen LogP contribution in [0.3, 0.4) is 0 Å². The van der Waals surface area contributed by atoms with E-state index in [2.05, 4.69) is 15.3 Å². The van der Waals surface area contributed by atoms with E-state index in [1.807, 2.05) is 44.4 Å². The van der Waals surface area contributed by atoms with Crippen LogP contribution in [0.2, 0.25) is 0 Å². The van der Waals surface area contributed by atoms with E-state index in [9.17, 15) is 4.79 Å². The number of nitrogen functional groups attached to an aromatic ring is 1. The summed E-state index contributed by atoms with van der Waals surface area (Å²) in [6.07, 6.45) is 3.47. The SMILES string of the molecule is CSc1cccc(NC(=O)c2nc(C(C)C)ncc2N)c1. The first-order valence-corrected chi connectivity index (χ1v) is 7.81. The Bertz CT molecular complexity index is 658. The molecule has 0 spiro atoms. The molecule has 2 rings (SSSR count). The van der Waals surface area contributed by atoms with E-state index in [-0.39, 0.29) is 23.2 Å². The molecule has 1 aromatic heterocycles. The van der Waals surface area contributed by atoms with Crippen molar-refractivity contribution in [3.63, 3.8) is 0 Å². The van der Waals surface area contributed by atoms with Crippen molar-refractivity contribution >= 4 is 29.0 Å². The molecule has 0 aliphatic rings. The second kappa shape index (κ2) is 6.58. The maximum atomic E-state index is 12.3. The predicted octanol–water partition coefficient (Wildman–Crippen LogP) is 3.16. The number of anilines is 2. The maximum Gasteiger partial charge on any atom is 0.276 e. The Morgan fingerprint density at radius 1 is 1.38 bits per heavy atom. The normalized spacial score (nSPS) is 10.7. The Balaban J connectivity index is 2.25. The summed E-state index contributed by atoms with van der Waals surface area (Å²) in [7, 11) is 0. The molecule has 0 fully saturated rings. The highest BCUT2D eigenvalue weighted by Crippen LogP contribution is 2.20. The van der Waals surface area contributed by atoms with Gasteiger partial charge in [-0.05, 0) is 24.5 Å². The Morgan fingerprint density at radius 2 is 2.14 bits per heavy atom. The molecule has 1 amide bonds. The van der Waals surface area contributed by atoms with Gasteiger partial charge in [-0.1, -0.05) is 19.9 Å². The first-order chi connectivity index (χ1) is 10.0. The number of aromatic nitrogens is 2. The Kier molecular flexibility index (Phi) is 4.80. The second-order valence-electron chi connectivity index (χ2n) is 4.87. The summed E-state index contributed by atoms with van der Waals surface area (Å²) in [6.45, 7) is 3.93. The summed E-state index contributed by atoms with van der Waals surface area (Å²) in [6, 6.07) is 7.61. The van der Waals surface area contributed by atoms with Gasteiger partial charge in [0, 0.05) is 16.5 Å². The average molecular weight is 302 g/mol. The molecule has 1 heterocycles. The van der Waals surface area contributed by atoms with Crippen LogP contribution in [0.5, 0.6) is 0 Å². The molecule has 3 N–H and O–H groups in total. The van der Waals surface area contributed by atoms with Crippen LogP contribution in [-0.4, -0.2) is 22.1 Å². The van der Waals surface area contributed by atoms with Crippen molar-refractivity contribution in [3.8, 4) is 0 Å². The maximum absolute atomic E-state index is 12.3. The lowest BCUT2D eigenvalue weighted by atomic mass is 10.2. The first-order valence-electron chi connectivity index (χ1n) is 6.59. The lowest BCUT2D eigenvalue weighted by molar-refractivity contribution is 0.102. The van der Waals surface area contributed by atoms with Gasteiger partial charge in [-0.2, -0.15) is 0 Å². The van der Waals surface area contributed by atoms with Crippen molar-refractivity contribution in [2.75, 3.05) is 17.3 Å². The topological polar surface area (TPSA) is 80.9 Å². The molecule has 0 aliphatic carbocycles. The summed E-state index contributed by atoms with van der Waals surface area (Å²) in [4.78, 5) is 21.8. The monoisotopic (exact) mass is 302 g/mol. The van der Waals surface area contributed by atoms with Crippen LogP contribution < -0.4 is 11.1 Å². The van der Waals surface area contributed by atoms with Gasteiger partial charge in [0.1, 0.15) is 5.82 Å². The van der Waals surface area contributed by atoms with Crippen LogP contribution in [0.4, 0.5) is 11.4 Å². The number of carbonyl (C=O) groups excluding carboxylic acids is 1. The van der Waals surface area contributed by atoms with Crippen molar-refractivity contribution < 1.29 is 4.79 Å². The number of hydrogen-bond donors (Lipinski definition) is 2. The van der Waals surface area contributed by atoms with Crippen LogP contribution in [0.15, 0.2) is 35.4 Å². The summed E-state index contributed by atoms with van der Waals surface area (Å²) in [5, 5.41) is 2.82. The molecule has 0 aliphatic heterocycles. The molecule has 110 valence electrons. The summed E-state index contributed by atoms with van der Waals surface area (Å²) < 4.78 is 0. The minimum Gasteiger partial charge on any atom is -0.396 e. The first kappa shape index (κ1) is 15.3. The predicted molar refractivity (Wildman–Crippen MR) is 86.7 cm³/mol. The number of thioether (sulfide) groups is 1. The molecule has 0 bridgehead atoms. The van der Waals surface area contributed by atoms with Gasteiger partial charge < -0.3 is 11.1 Å². The molecule has 0 radical (unpaired) electrons. The number of hydrogen-bond acceptors (Lipinski definition) is 5. The zero-order valence-corrected chi connectivity index (χ0v) is 13.1. The summed E-state index contributed by atoms with van der Waals surface area (Å²) >= 11 is 1.61. The molecule has 2 aromatic rings. The van der Waals surface area contributed by atoms with Crippen molar-refractivity contribution in [2.24, 2.45) is 0 Å². The van der Waals surface area contributed by atoms with Gasteiger partial charge in [0.15, 0.2) is 5.69 Å². The molecule has 21 heavy (non-hydrogen) atoms. The Morgan fingerprint density at radius 3 is 2.81 bits per heavy atom. The fourth-order valence-corrected chi connectivity index (χ4v) is 2.22. The quantitative estimate of drug-likeness (QED) is 0.848. The highest BCUT2D eigenvalue weighted by Gasteiger charge is 2.15. The minimum absolute atomic E-state index is 0.136. The van der Waals surface area contributed by atoms with E-state index >= 15 is 0 Å². The number of nitrogens with two attached hydrogens (primary N) is 1. The number of benzene rings is 1. The Hall–Kier alpha value is -2.08. The van der Waals surface area contributed by atoms with Gasteiger partial charge in [-0.15, -0.1) is 11.8 Å². The van der Waals surface area contributed by atoms with Crippen LogP contribution in [0, 0.1) is 0 Å². The summed E-state index contributed by atoms with van der Waals surface area (Å²) in [5.74, 6) is 0.416. The Labute approximate surface area is 128 Å². The van der Waals surface area contributed by atoms with Crippen molar-refractivity contribution in [1.29, 1.82) is 0 Å². The lowest BCUT2D eigenvalue weighted by Gasteiger charge is -2.10. The van der Waals surface area contributed by atoms with E-state index in [4.69, 9.17) is 5.73 Å². The number of nitrogens with one attached hydrogen (secondary N) is 1. The van der Waals surface area contributed by atoms with Gasteiger partial charge >= 0.3 is 0 Å². The van der Waals surface area contributed by atoms with Crippen molar-refractivity contribution in [3.05, 3.63) is 42.0 Å². The average Bonchev–Trinajstić information content (AvgIpc) is 2.47. The van der Waals surface area contributed by atoms with Gasteiger partial charge in [-0.3, -0.25) is 4.79 Å². The minimum atomic E-state index is -0.324. The third-order valence-electron chi connectivity index (χ3n) is 2.89. The second-order valence-corrected chi connectivity index (χ2v) is 5.75. The standard InChI is InChI=1S/C15H18N4OS/c1-9(2)14-17-8-12(16)13(19-14)15(20)18-10-5-4-6-11(7-10)21-3/h4-9H,16H2,1-3H3,(H,18,20). The molecule has 0 atom stereocenters. The largest absolute Gasteiger partial charge is 0.396 e. The van der Waals surface area contributed by atoms with Gasteiger partial charge in [-0.25, -0.2) is 9.97 Å². The van der Waals surface area contributed by atoms with Crippen LogP contribution in [-0.2, 0) is 0 Å². The lowest BCUT2D eigenvalue weighted by Crippen LogP contribution is -2.18. The van der Waals surface area contributed by atoms with E-state index in [1.54, 1.807) is 11.8 Å². The number of nitrogens with zero attached hydrogens (tertiary/aromatic N) is 2. The third-order valence-corrected chi connectivity index (χ3v) is 3.62. The molecular formula is C15H18N4OS. The van der Waals surface area contributed by atoms with Crippen LogP contribution in [0.1, 0.15) is 36.1 Å². The van der Waals surface area contributed by atoms with Gasteiger partial charge in [0.05, 0.1) is 11.9 Å². The highest BCUT2D eigenvalue weighted by atomic mass is 32.2. The van der Waals surface area contributed by atoms with Crippen molar-refractivity contribution in [2.45, 2.75) is 24.7 Å². The van der Waals surface area contributed by atoms with E-state index in [0.29, 0.717) is 5.82 Å².